The lowest BCUT2D eigenvalue weighted by Gasteiger charge is -2.26. The van der Waals surface area contributed by atoms with Crippen LogP contribution in [-0.4, -0.2) is 33.2 Å². The fourth-order valence-electron chi connectivity index (χ4n) is 3.84. The summed E-state index contributed by atoms with van der Waals surface area (Å²) in [4.78, 5) is 12.3. The molecule has 0 heterocycles. The van der Waals surface area contributed by atoms with Gasteiger partial charge in [0, 0.05) is 6.04 Å². The number of nitrogens with zero attached hydrogens (tertiary/aromatic N) is 1. The Morgan fingerprint density at radius 2 is 2.12 bits per heavy atom. The first kappa shape index (κ1) is 17.5. The van der Waals surface area contributed by atoms with Crippen molar-refractivity contribution < 1.29 is 17.6 Å². The van der Waals surface area contributed by atoms with Gasteiger partial charge >= 0.3 is 0 Å². The van der Waals surface area contributed by atoms with Gasteiger partial charge in [0.1, 0.15) is 12.4 Å². The molecule has 0 spiro atoms. The number of nitrogens with one attached hydrogen (secondary N) is 1. The molecule has 0 saturated heterocycles. The number of halogens is 2. The predicted molar refractivity (Wildman–Crippen MR) is 91.0 cm³/mol. The third-order valence-corrected chi connectivity index (χ3v) is 6.39. The number of hydrogen-bond donors (Lipinski definition) is 1. The predicted octanol–water partition coefficient (Wildman–Crippen LogP) is 2.55. The van der Waals surface area contributed by atoms with Crippen LogP contribution < -0.4 is 9.62 Å². The summed E-state index contributed by atoms with van der Waals surface area (Å²) in [6.45, 7) is -0.339. The molecule has 0 aliphatic heterocycles. The Labute approximate surface area is 146 Å². The van der Waals surface area contributed by atoms with Crippen LogP contribution in [0.1, 0.15) is 25.7 Å². The van der Waals surface area contributed by atoms with Gasteiger partial charge in [0.2, 0.25) is 15.9 Å². The normalized spacial score (nSPS) is 25.7. The van der Waals surface area contributed by atoms with Crippen LogP contribution >= 0.6 is 11.6 Å². The molecule has 8 heteroatoms. The molecule has 24 heavy (non-hydrogen) atoms. The maximum absolute atomic E-state index is 13.3. The van der Waals surface area contributed by atoms with Crippen molar-refractivity contribution in [1.29, 1.82) is 0 Å². The number of carbonyl (C=O) groups excluding carboxylic acids is 1. The van der Waals surface area contributed by atoms with Crippen molar-refractivity contribution in [2.75, 3.05) is 17.1 Å². The summed E-state index contributed by atoms with van der Waals surface area (Å²) in [6, 6.07) is 3.73. The molecule has 2 aliphatic carbocycles. The van der Waals surface area contributed by atoms with Gasteiger partial charge in [-0.15, -0.1) is 0 Å². The van der Waals surface area contributed by atoms with Gasteiger partial charge < -0.3 is 5.32 Å². The van der Waals surface area contributed by atoms with Crippen LogP contribution in [0.15, 0.2) is 18.2 Å². The van der Waals surface area contributed by atoms with Crippen molar-refractivity contribution in [2.45, 2.75) is 31.7 Å². The summed E-state index contributed by atoms with van der Waals surface area (Å²) in [5, 5.41) is 2.77. The average molecular weight is 375 g/mol. The highest BCUT2D eigenvalue weighted by Gasteiger charge is 2.40. The molecule has 2 saturated carbocycles. The zero-order valence-corrected chi connectivity index (χ0v) is 14.9. The second kappa shape index (κ2) is 6.52. The van der Waals surface area contributed by atoms with E-state index >= 15 is 0 Å². The number of fused-ring (bicyclic) bond motifs is 2. The van der Waals surface area contributed by atoms with Crippen molar-refractivity contribution in [3.63, 3.8) is 0 Å². The molecular weight excluding hydrogens is 355 g/mol. The van der Waals surface area contributed by atoms with Crippen molar-refractivity contribution in [3.05, 3.63) is 29.0 Å². The molecule has 1 amide bonds. The van der Waals surface area contributed by atoms with Crippen LogP contribution in [-0.2, 0) is 14.8 Å². The fraction of sp³-hybridized carbons (Fsp3) is 0.562. The molecule has 1 N–H and O–H groups in total. The summed E-state index contributed by atoms with van der Waals surface area (Å²) in [5.74, 6) is 0.201. The monoisotopic (exact) mass is 374 g/mol. The van der Waals surface area contributed by atoms with E-state index in [4.69, 9.17) is 11.6 Å². The standard InChI is InChI=1S/C16H20ClFN2O3S/c1-24(22,23)20(12-4-5-14(18)13(17)8-12)9-16(21)19-15-7-10-2-3-11(15)6-10/h4-5,8,10-11,15H,2-3,6-7,9H2,1H3,(H,19,21)/t10-,11+,15+/m1/s1. The number of sulfonamides is 1. The zero-order chi connectivity index (χ0) is 17.5. The highest BCUT2D eigenvalue weighted by Crippen LogP contribution is 2.44. The molecule has 2 aliphatic rings. The van der Waals surface area contributed by atoms with E-state index in [2.05, 4.69) is 5.32 Å². The van der Waals surface area contributed by atoms with Gasteiger partial charge in [-0.25, -0.2) is 12.8 Å². The fourth-order valence-corrected chi connectivity index (χ4v) is 4.87. The van der Waals surface area contributed by atoms with Gasteiger partial charge in [-0.05, 0) is 49.3 Å². The first-order valence-electron chi connectivity index (χ1n) is 7.96. The summed E-state index contributed by atoms with van der Waals surface area (Å²) < 4.78 is 38.3. The maximum Gasteiger partial charge on any atom is 0.241 e. The number of rotatable bonds is 5. The van der Waals surface area contributed by atoms with Gasteiger partial charge in [0.05, 0.1) is 17.0 Å². The van der Waals surface area contributed by atoms with E-state index in [0.717, 1.165) is 35.9 Å². The lowest BCUT2D eigenvalue weighted by molar-refractivity contribution is -0.120. The van der Waals surface area contributed by atoms with E-state index in [9.17, 15) is 17.6 Å². The minimum Gasteiger partial charge on any atom is -0.352 e. The number of hydrogen-bond acceptors (Lipinski definition) is 3. The van der Waals surface area contributed by atoms with E-state index in [1.165, 1.54) is 18.6 Å². The summed E-state index contributed by atoms with van der Waals surface area (Å²) >= 11 is 5.73. The van der Waals surface area contributed by atoms with Crippen LogP contribution in [0, 0.1) is 17.7 Å². The van der Waals surface area contributed by atoms with E-state index in [1.807, 2.05) is 0 Å². The number of benzene rings is 1. The molecule has 5 nitrogen and oxygen atoms in total. The molecule has 132 valence electrons. The molecule has 1 aromatic carbocycles. The molecule has 0 aromatic heterocycles. The van der Waals surface area contributed by atoms with Crippen LogP contribution in [0.5, 0.6) is 0 Å². The van der Waals surface area contributed by atoms with Crippen molar-refractivity contribution in [1.82, 2.24) is 5.32 Å². The number of amides is 1. The van der Waals surface area contributed by atoms with Gasteiger partial charge in [-0.3, -0.25) is 9.10 Å². The molecule has 1 aromatic rings. The van der Waals surface area contributed by atoms with Crippen molar-refractivity contribution >= 4 is 33.2 Å². The van der Waals surface area contributed by atoms with E-state index in [0.29, 0.717) is 11.8 Å². The largest absolute Gasteiger partial charge is 0.352 e. The maximum atomic E-state index is 13.3. The second-order valence-corrected chi connectivity index (χ2v) is 9.03. The van der Waals surface area contributed by atoms with E-state index < -0.39 is 15.8 Å². The Morgan fingerprint density at radius 3 is 2.67 bits per heavy atom. The highest BCUT2D eigenvalue weighted by molar-refractivity contribution is 7.92. The first-order valence-corrected chi connectivity index (χ1v) is 10.2. The van der Waals surface area contributed by atoms with Crippen LogP contribution in [0.2, 0.25) is 5.02 Å². The molecule has 3 rings (SSSR count). The van der Waals surface area contributed by atoms with Crippen molar-refractivity contribution in [3.8, 4) is 0 Å². The van der Waals surface area contributed by atoms with Crippen LogP contribution in [0.3, 0.4) is 0 Å². The third-order valence-electron chi connectivity index (χ3n) is 4.96. The van der Waals surface area contributed by atoms with Gasteiger partial charge in [-0.2, -0.15) is 0 Å². The average Bonchev–Trinajstić information content (AvgIpc) is 3.09. The van der Waals surface area contributed by atoms with Gasteiger partial charge in [-0.1, -0.05) is 18.0 Å². The molecule has 3 atom stereocenters. The number of carbonyl (C=O) groups is 1. The van der Waals surface area contributed by atoms with Crippen LogP contribution in [0.4, 0.5) is 10.1 Å². The van der Waals surface area contributed by atoms with Crippen LogP contribution in [0.25, 0.3) is 0 Å². The molecule has 2 bridgehead atoms. The molecule has 0 unspecified atom stereocenters. The molecular formula is C16H20ClFN2O3S. The van der Waals surface area contributed by atoms with E-state index in [1.54, 1.807) is 0 Å². The Balaban J connectivity index is 1.72. The summed E-state index contributed by atoms with van der Waals surface area (Å²) in [7, 11) is -3.70. The lowest BCUT2D eigenvalue weighted by Crippen LogP contribution is -2.45. The highest BCUT2D eigenvalue weighted by atomic mass is 35.5. The summed E-state index contributed by atoms with van der Waals surface area (Å²) in [6.07, 6.45) is 5.47. The van der Waals surface area contributed by atoms with E-state index in [-0.39, 0.29) is 29.2 Å². The SMILES string of the molecule is CS(=O)(=O)N(CC(=O)N[C@H]1C[C@@H]2CC[C@H]1C2)c1ccc(F)c(Cl)c1. The molecule has 2 fully saturated rings. The Hall–Kier alpha value is -1.34. The Morgan fingerprint density at radius 1 is 1.38 bits per heavy atom. The smallest absolute Gasteiger partial charge is 0.241 e. The lowest BCUT2D eigenvalue weighted by atomic mass is 9.95. The Bertz CT molecular complexity index is 756. The third kappa shape index (κ3) is 3.67. The molecule has 0 radical (unpaired) electrons. The minimum absolute atomic E-state index is 0.134. The quantitative estimate of drug-likeness (QED) is 0.861. The topological polar surface area (TPSA) is 66.5 Å². The minimum atomic E-state index is -3.70. The van der Waals surface area contributed by atoms with Crippen molar-refractivity contribution in [2.24, 2.45) is 11.8 Å². The Kier molecular flexibility index (Phi) is 4.75. The van der Waals surface area contributed by atoms with Gasteiger partial charge in [0.25, 0.3) is 0 Å². The summed E-state index contributed by atoms with van der Waals surface area (Å²) in [5.41, 5.74) is 0.173. The second-order valence-electron chi connectivity index (χ2n) is 6.72. The first-order chi connectivity index (χ1) is 11.2. The number of anilines is 1. The zero-order valence-electron chi connectivity index (χ0n) is 13.3. The van der Waals surface area contributed by atoms with Gasteiger partial charge in [0.15, 0.2) is 0 Å².